The SMILES string of the molecule is CO[C@]1(C)C[C@H](O[C@H]2[C@H](C)[C@@H](O[C@@H]3O[C@H](C)C[C@H](N(C)C)[C@H]3O)[C@](C)(O)C[C@@H](C)CN(CCC(=O)NCCCc3ccccc3)[C@H](C)[C@@H](O)[C@](C)(O)[C@@H](I)OC(=O)[C@@H]2C)O[C@@H](C)[C@@H]1O. The van der Waals surface area contributed by atoms with E-state index in [2.05, 4.69) is 17.4 Å². The molecule has 4 rings (SSSR count). The second kappa shape index (κ2) is 23.6. The number of aliphatic hydroxyl groups excluding tert-OH is 3. The zero-order valence-corrected chi connectivity index (χ0v) is 42.3. The van der Waals surface area contributed by atoms with Gasteiger partial charge in [0.25, 0.3) is 0 Å². The number of carbonyl (C=O) groups is 2. The minimum atomic E-state index is -1.96. The minimum absolute atomic E-state index is 0.0979. The van der Waals surface area contributed by atoms with Crippen molar-refractivity contribution in [1.82, 2.24) is 15.1 Å². The van der Waals surface area contributed by atoms with Crippen LogP contribution in [0.4, 0.5) is 0 Å². The maximum absolute atomic E-state index is 14.4. The molecule has 1 aromatic rings. The number of rotatable bonds is 13. The Morgan fingerprint density at radius 2 is 1.62 bits per heavy atom. The number of carbonyl (C=O) groups excluding carboxylic acids is 2. The molecule has 3 aliphatic heterocycles. The van der Waals surface area contributed by atoms with Crippen LogP contribution in [0.2, 0.25) is 0 Å². The summed E-state index contributed by atoms with van der Waals surface area (Å²) in [4.78, 5) is 31.4. The lowest BCUT2D eigenvalue weighted by Gasteiger charge is -2.48. The highest BCUT2D eigenvalue weighted by Gasteiger charge is 2.53. The molecule has 0 radical (unpaired) electrons. The molecular formula is C47H80IN3O13. The normalized spacial score (nSPS) is 42.4. The van der Waals surface area contributed by atoms with Crippen LogP contribution in [0.1, 0.15) is 100.0 Å². The topological polar surface area (TPSA) is 209 Å². The molecule has 16 nitrogen and oxygen atoms in total. The number of benzene rings is 1. The standard InChI is InChI=1S/C47H80IN3O13/c1-27-24-45(7,57)41(63-43-37(53)34(50(10)11)23-28(2)60-43)29(3)38(62-36-25-46(8,59-12)40(55)32(6)61-36)30(4)42(56)64-44(48)47(9,58)39(54)31(5)51(26-27)22-20-35(52)49-21-16-19-33-17-14-13-15-18-33/h13-15,17-18,27-32,34,36-41,43-44,53-55,57-58H,16,19-26H2,1-12H3,(H,49,52)/t27-,28-,29+,30-,31-,32+,34+,36+,37-,38+,39-,40+,41-,43+,44+,45-,46-,47+/m1/s1. The Morgan fingerprint density at radius 3 is 2.25 bits per heavy atom. The van der Waals surface area contributed by atoms with E-state index in [0.717, 1.165) is 12.8 Å². The average molecular weight is 1020 g/mol. The Balaban J connectivity index is 1.71. The summed E-state index contributed by atoms with van der Waals surface area (Å²) in [6.45, 7) is 16.6. The fraction of sp³-hybridized carbons (Fsp3) is 0.830. The molecule has 17 heteroatoms. The molecule has 0 aliphatic carbocycles. The molecule has 368 valence electrons. The first-order chi connectivity index (χ1) is 29.8. The Bertz CT molecular complexity index is 1610. The van der Waals surface area contributed by atoms with E-state index in [9.17, 15) is 35.1 Å². The molecule has 0 bridgehead atoms. The fourth-order valence-electron chi connectivity index (χ4n) is 9.81. The van der Waals surface area contributed by atoms with Crippen LogP contribution in [0.15, 0.2) is 30.3 Å². The van der Waals surface area contributed by atoms with Crippen molar-refractivity contribution in [2.45, 2.75) is 189 Å². The number of aryl methyl sites for hydroxylation is 1. The van der Waals surface area contributed by atoms with Crippen molar-refractivity contribution in [3.63, 3.8) is 0 Å². The van der Waals surface area contributed by atoms with Gasteiger partial charge in [0.15, 0.2) is 16.7 Å². The van der Waals surface area contributed by atoms with Crippen molar-refractivity contribution in [2.24, 2.45) is 17.8 Å². The van der Waals surface area contributed by atoms with Gasteiger partial charge in [0, 0.05) is 57.6 Å². The number of likely N-dealkylation sites (N-methyl/N-ethyl adjacent to an activating group) is 1. The molecule has 1 aromatic carbocycles. The maximum atomic E-state index is 14.4. The van der Waals surface area contributed by atoms with Crippen molar-refractivity contribution in [2.75, 3.05) is 40.8 Å². The van der Waals surface area contributed by atoms with Crippen LogP contribution in [0.25, 0.3) is 0 Å². The van der Waals surface area contributed by atoms with Gasteiger partial charge in [-0.15, -0.1) is 0 Å². The monoisotopic (exact) mass is 1020 g/mol. The van der Waals surface area contributed by atoms with Gasteiger partial charge in [0.1, 0.15) is 23.9 Å². The molecule has 64 heavy (non-hydrogen) atoms. The Labute approximate surface area is 395 Å². The fourth-order valence-corrected chi connectivity index (χ4v) is 10.4. The molecule has 3 saturated heterocycles. The number of methoxy groups -OCH3 is 1. The van der Waals surface area contributed by atoms with E-state index < -0.39 is 94.0 Å². The van der Waals surface area contributed by atoms with Crippen LogP contribution in [0, 0.1) is 17.8 Å². The van der Waals surface area contributed by atoms with E-state index in [-0.39, 0.29) is 49.8 Å². The lowest BCUT2D eigenvalue weighted by molar-refractivity contribution is -0.317. The molecule has 3 aliphatic rings. The van der Waals surface area contributed by atoms with Gasteiger partial charge in [0.2, 0.25) is 5.91 Å². The van der Waals surface area contributed by atoms with Gasteiger partial charge in [-0.25, -0.2) is 0 Å². The molecule has 0 aromatic heterocycles. The van der Waals surface area contributed by atoms with Gasteiger partial charge in [-0.2, -0.15) is 0 Å². The number of alkyl halides is 1. The molecule has 1 amide bonds. The lowest BCUT2D eigenvalue weighted by Crippen LogP contribution is -2.60. The minimum Gasteiger partial charge on any atom is -0.448 e. The van der Waals surface area contributed by atoms with Gasteiger partial charge in [-0.1, -0.05) is 44.2 Å². The zero-order chi connectivity index (χ0) is 47.9. The third-order valence-corrected chi connectivity index (χ3v) is 15.4. The van der Waals surface area contributed by atoms with Crippen molar-refractivity contribution in [3.05, 3.63) is 35.9 Å². The second-order valence-corrected chi connectivity index (χ2v) is 21.0. The summed E-state index contributed by atoms with van der Waals surface area (Å²) < 4.78 is 36.5. The lowest BCUT2D eigenvalue weighted by atomic mass is 9.77. The Hall–Kier alpha value is -1.59. The van der Waals surface area contributed by atoms with Crippen LogP contribution in [0.3, 0.4) is 0 Å². The number of esters is 1. The summed E-state index contributed by atoms with van der Waals surface area (Å²) in [5, 5.41) is 62.4. The number of cyclic esters (lactones) is 1. The number of halogens is 1. The van der Waals surface area contributed by atoms with Gasteiger partial charge in [0.05, 0.1) is 41.5 Å². The van der Waals surface area contributed by atoms with E-state index in [1.165, 1.54) is 19.6 Å². The Morgan fingerprint density at radius 1 is 0.969 bits per heavy atom. The van der Waals surface area contributed by atoms with E-state index in [4.69, 9.17) is 28.4 Å². The zero-order valence-electron chi connectivity index (χ0n) is 40.2. The highest BCUT2D eigenvalue weighted by molar-refractivity contribution is 14.1. The van der Waals surface area contributed by atoms with Gasteiger partial charge < -0.3 is 64.2 Å². The van der Waals surface area contributed by atoms with E-state index >= 15 is 0 Å². The first-order valence-electron chi connectivity index (χ1n) is 23.0. The van der Waals surface area contributed by atoms with Crippen molar-refractivity contribution < 1.29 is 63.5 Å². The molecular weight excluding hydrogens is 941 g/mol. The molecule has 3 heterocycles. The van der Waals surface area contributed by atoms with Crippen LogP contribution >= 0.6 is 22.6 Å². The van der Waals surface area contributed by atoms with Gasteiger partial charge >= 0.3 is 5.97 Å². The summed E-state index contributed by atoms with van der Waals surface area (Å²) in [6.07, 6.45) is -6.41. The summed E-state index contributed by atoms with van der Waals surface area (Å²) in [5.41, 5.74) is -3.49. The van der Waals surface area contributed by atoms with Crippen LogP contribution in [-0.2, 0) is 44.4 Å². The number of nitrogens with zero attached hydrogens (tertiary/aromatic N) is 2. The van der Waals surface area contributed by atoms with Crippen LogP contribution < -0.4 is 5.32 Å². The second-order valence-electron chi connectivity index (χ2n) is 19.8. The third-order valence-electron chi connectivity index (χ3n) is 13.9. The average Bonchev–Trinajstić information content (AvgIpc) is 3.23. The highest BCUT2D eigenvalue weighted by atomic mass is 127. The number of nitrogens with one attached hydrogen (secondary N) is 1. The first kappa shape index (κ1) is 55.0. The molecule has 18 atom stereocenters. The van der Waals surface area contributed by atoms with Gasteiger partial charge in [-0.3, -0.25) is 14.5 Å². The number of aliphatic hydroxyl groups is 5. The quantitative estimate of drug-likeness (QED) is 0.0725. The molecule has 0 unspecified atom stereocenters. The largest absolute Gasteiger partial charge is 0.448 e. The number of hydrogen-bond donors (Lipinski definition) is 6. The molecule has 3 fully saturated rings. The number of hydrogen-bond acceptors (Lipinski definition) is 15. The van der Waals surface area contributed by atoms with Crippen LogP contribution in [-0.4, -0.2) is 176 Å². The summed E-state index contributed by atoms with van der Waals surface area (Å²) in [7, 11) is 5.24. The molecule has 0 saturated carbocycles. The van der Waals surface area contributed by atoms with Crippen molar-refractivity contribution in [3.8, 4) is 0 Å². The third kappa shape index (κ3) is 14.0. The van der Waals surface area contributed by atoms with Crippen molar-refractivity contribution >= 4 is 34.5 Å². The molecule has 6 N–H and O–H groups in total. The summed E-state index contributed by atoms with van der Waals surface area (Å²) in [6, 6.07) is 9.00. The first-order valence-corrected chi connectivity index (χ1v) is 24.3. The summed E-state index contributed by atoms with van der Waals surface area (Å²) >= 11 is 1.82. The van der Waals surface area contributed by atoms with E-state index in [0.29, 0.717) is 19.5 Å². The highest BCUT2D eigenvalue weighted by Crippen LogP contribution is 2.40. The smallest absolute Gasteiger partial charge is 0.312 e. The van der Waals surface area contributed by atoms with Crippen LogP contribution in [0.5, 0.6) is 0 Å². The van der Waals surface area contributed by atoms with Gasteiger partial charge in [-0.05, 0) is 122 Å². The number of amides is 1. The van der Waals surface area contributed by atoms with E-state index in [1.54, 1.807) is 41.5 Å². The number of ether oxygens (including phenoxy) is 6. The maximum Gasteiger partial charge on any atom is 0.312 e. The predicted octanol–water partition coefficient (Wildman–Crippen LogP) is 3.39. The Kier molecular flexibility index (Phi) is 20.3. The van der Waals surface area contributed by atoms with E-state index in [1.807, 2.05) is 78.5 Å². The molecule has 0 spiro atoms. The van der Waals surface area contributed by atoms with Crippen molar-refractivity contribution in [1.29, 1.82) is 0 Å². The predicted molar refractivity (Wildman–Crippen MR) is 249 cm³/mol. The summed E-state index contributed by atoms with van der Waals surface area (Å²) in [5.74, 6) is -3.11.